The lowest BCUT2D eigenvalue weighted by Gasteiger charge is -2.23. The standard InChI is InChI=1S/C13H22N4OS/c1-4-13(2,3)7-15-12-9(10(14)17-19-12)11(18)16-8-5-6-8/h8,15H,4-7H2,1-3H3,(H2,14,17)(H,16,18). The summed E-state index contributed by atoms with van der Waals surface area (Å²) in [5.74, 6) is 0.213. The van der Waals surface area contributed by atoms with Gasteiger partial charge in [0.05, 0.1) is 0 Å². The highest BCUT2D eigenvalue weighted by atomic mass is 32.1. The molecular weight excluding hydrogens is 260 g/mol. The van der Waals surface area contributed by atoms with Gasteiger partial charge in [-0.2, -0.15) is 4.37 Å². The maximum atomic E-state index is 12.1. The van der Waals surface area contributed by atoms with Gasteiger partial charge >= 0.3 is 0 Å². The molecule has 0 saturated heterocycles. The third-order valence-electron chi connectivity index (χ3n) is 3.54. The quantitative estimate of drug-likeness (QED) is 0.749. The molecule has 1 aromatic heterocycles. The monoisotopic (exact) mass is 282 g/mol. The van der Waals surface area contributed by atoms with Crippen LogP contribution in [0.3, 0.4) is 0 Å². The fraction of sp³-hybridized carbons (Fsp3) is 0.692. The third-order valence-corrected chi connectivity index (χ3v) is 4.36. The molecule has 0 spiro atoms. The van der Waals surface area contributed by atoms with E-state index in [1.165, 1.54) is 11.5 Å². The van der Waals surface area contributed by atoms with Gasteiger partial charge < -0.3 is 16.4 Å². The van der Waals surface area contributed by atoms with Crippen molar-refractivity contribution >= 4 is 28.3 Å². The summed E-state index contributed by atoms with van der Waals surface area (Å²) in [6, 6.07) is 0.326. The van der Waals surface area contributed by atoms with Crippen LogP contribution >= 0.6 is 11.5 Å². The van der Waals surface area contributed by atoms with E-state index in [9.17, 15) is 4.79 Å². The Kier molecular flexibility index (Phi) is 3.99. The van der Waals surface area contributed by atoms with E-state index in [2.05, 4.69) is 35.8 Å². The van der Waals surface area contributed by atoms with E-state index >= 15 is 0 Å². The molecule has 106 valence electrons. The van der Waals surface area contributed by atoms with Gasteiger partial charge in [-0.05, 0) is 36.2 Å². The molecule has 0 bridgehead atoms. The van der Waals surface area contributed by atoms with Crippen LogP contribution in [0.4, 0.5) is 10.8 Å². The summed E-state index contributed by atoms with van der Waals surface area (Å²) in [6.45, 7) is 7.33. The molecule has 0 radical (unpaired) electrons. The minimum atomic E-state index is -0.106. The molecule has 6 heteroatoms. The maximum Gasteiger partial charge on any atom is 0.258 e. The number of nitrogens with one attached hydrogen (secondary N) is 2. The van der Waals surface area contributed by atoms with Gasteiger partial charge in [-0.3, -0.25) is 4.79 Å². The molecule has 0 aromatic carbocycles. The smallest absolute Gasteiger partial charge is 0.258 e. The molecular formula is C13H22N4OS. The molecule has 0 unspecified atom stereocenters. The summed E-state index contributed by atoms with van der Waals surface area (Å²) >= 11 is 1.26. The average Bonchev–Trinajstić information content (AvgIpc) is 3.08. The van der Waals surface area contributed by atoms with Crippen LogP contribution in [0.1, 0.15) is 50.4 Å². The summed E-state index contributed by atoms with van der Waals surface area (Å²) in [7, 11) is 0. The van der Waals surface area contributed by atoms with Crippen LogP contribution in [-0.4, -0.2) is 22.9 Å². The Balaban J connectivity index is 2.06. The lowest BCUT2D eigenvalue weighted by molar-refractivity contribution is 0.0953. The Bertz CT molecular complexity index is 465. The van der Waals surface area contributed by atoms with Gasteiger partial charge in [0.25, 0.3) is 5.91 Å². The van der Waals surface area contributed by atoms with Crippen molar-refractivity contribution in [2.75, 3.05) is 17.6 Å². The molecule has 0 aliphatic heterocycles. The van der Waals surface area contributed by atoms with Crippen LogP contribution in [0.15, 0.2) is 0 Å². The fourth-order valence-corrected chi connectivity index (χ4v) is 2.28. The van der Waals surface area contributed by atoms with Crippen molar-refractivity contribution in [2.24, 2.45) is 5.41 Å². The lowest BCUT2D eigenvalue weighted by Crippen LogP contribution is -2.27. The number of amides is 1. The van der Waals surface area contributed by atoms with E-state index in [1.54, 1.807) is 0 Å². The Hall–Kier alpha value is -1.30. The molecule has 1 heterocycles. The van der Waals surface area contributed by atoms with Gasteiger partial charge in [-0.15, -0.1) is 0 Å². The topological polar surface area (TPSA) is 80.0 Å². The van der Waals surface area contributed by atoms with Gasteiger partial charge in [-0.1, -0.05) is 20.8 Å². The molecule has 1 aliphatic rings. The van der Waals surface area contributed by atoms with Gasteiger partial charge in [0.2, 0.25) is 0 Å². The first-order chi connectivity index (χ1) is 8.93. The Morgan fingerprint density at radius 1 is 1.53 bits per heavy atom. The van der Waals surface area contributed by atoms with Crippen molar-refractivity contribution < 1.29 is 4.79 Å². The van der Waals surface area contributed by atoms with Crippen LogP contribution in [0.2, 0.25) is 0 Å². The number of hydrogen-bond acceptors (Lipinski definition) is 5. The minimum absolute atomic E-state index is 0.106. The first-order valence-corrected chi connectivity index (χ1v) is 7.50. The van der Waals surface area contributed by atoms with Crippen molar-refractivity contribution in [2.45, 2.75) is 46.1 Å². The first-order valence-electron chi connectivity index (χ1n) is 6.73. The van der Waals surface area contributed by atoms with Gasteiger partial charge in [0.15, 0.2) is 5.82 Å². The van der Waals surface area contributed by atoms with Crippen LogP contribution in [0, 0.1) is 5.41 Å². The van der Waals surface area contributed by atoms with E-state index in [0.717, 1.165) is 30.8 Å². The number of aromatic nitrogens is 1. The molecule has 2 rings (SSSR count). The highest BCUT2D eigenvalue weighted by Gasteiger charge is 2.28. The number of carbonyl (C=O) groups excluding carboxylic acids is 1. The third kappa shape index (κ3) is 3.59. The fourth-order valence-electron chi connectivity index (χ4n) is 1.57. The average molecular weight is 282 g/mol. The maximum absolute atomic E-state index is 12.1. The highest BCUT2D eigenvalue weighted by molar-refractivity contribution is 7.11. The summed E-state index contributed by atoms with van der Waals surface area (Å²) in [4.78, 5) is 12.1. The van der Waals surface area contributed by atoms with Crippen LogP contribution in [0.25, 0.3) is 0 Å². The van der Waals surface area contributed by atoms with Crippen molar-refractivity contribution in [1.82, 2.24) is 9.69 Å². The van der Waals surface area contributed by atoms with E-state index in [0.29, 0.717) is 17.4 Å². The zero-order chi connectivity index (χ0) is 14.0. The van der Waals surface area contributed by atoms with E-state index in [1.807, 2.05) is 0 Å². The van der Waals surface area contributed by atoms with Gasteiger partial charge in [0.1, 0.15) is 10.6 Å². The summed E-state index contributed by atoms with van der Waals surface area (Å²) < 4.78 is 4.09. The van der Waals surface area contributed by atoms with E-state index in [-0.39, 0.29) is 11.3 Å². The normalized spacial score (nSPS) is 15.3. The number of nitrogen functional groups attached to an aromatic ring is 1. The molecule has 0 atom stereocenters. The highest BCUT2D eigenvalue weighted by Crippen LogP contribution is 2.30. The summed E-state index contributed by atoms with van der Waals surface area (Å²) in [5.41, 5.74) is 6.50. The zero-order valence-corrected chi connectivity index (χ0v) is 12.6. The molecule has 1 aliphatic carbocycles. The van der Waals surface area contributed by atoms with Crippen molar-refractivity contribution in [1.29, 1.82) is 0 Å². The minimum Gasteiger partial charge on any atom is -0.382 e. The van der Waals surface area contributed by atoms with Crippen molar-refractivity contribution in [3.8, 4) is 0 Å². The number of anilines is 2. The first kappa shape index (κ1) is 14.1. The Morgan fingerprint density at radius 2 is 2.21 bits per heavy atom. The lowest BCUT2D eigenvalue weighted by atomic mass is 9.90. The number of rotatable bonds is 6. The van der Waals surface area contributed by atoms with Gasteiger partial charge in [-0.25, -0.2) is 0 Å². The van der Waals surface area contributed by atoms with Crippen LogP contribution < -0.4 is 16.4 Å². The molecule has 1 fully saturated rings. The number of nitrogens with two attached hydrogens (primary N) is 1. The molecule has 1 saturated carbocycles. The Morgan fingerprint density at radius 3 is 2.79 bits per heavy atom. The number of nitrogens with zero attached hydrogens (tertiary/aromatic N) is 1. The second kappa shape index (κ2) is 5.36. The SMILES string of the molecule is CCC(C)(C)CNc1snc(N)c1C(=O)NC1CC1. The number of carbonyl (C=O) groups is 1. The van der Waals surface area contributed by atoms with Crippen molar-refractivity contribution in [3.63, 3.8) is 0 Å². The second-order valence-corrected chi connectivity index (χ2v) is 6.66. The summed E-state index contributed by atoms with van der Waals surface area (Å²) in [6.07, 6.45) is 3.20. The predicted octanol–water partition coefficient (Wildman–Crippen LogP) is 2.47. The van der Waals surface area contributed by atoms with E-state index < -0.39 is 0 Å². The molecule has 19 heavy (non-hydrogen) atoms. The van der Waals surface area contributed by atoms with Crippen LogP contribution in [0.5, 0.6) is 0 Å². The predicted molar refractivity (Wildman–Crippen MR) is 79.6 cm³/mol. The van der Waals surface area contributed by atoms with Crippen LogP contribution in [-0.2, 0) is 0 Å². The van der Waals surface area contributed by atoms with Crippen molar-refractivity contribution in [3.05, 3.63) is 5.56 Å². The largest absolute Gasteiger partial charge is 0.382 e. The van der Waals surface area contributed by atoms with Gasteiger partial charge in [0, 0.05) is 12.6 Å². The second-order valence-electron chi connectivity index (χ2n) is 5.89. The Labute approximate surface area is 118 Å². The molecule has 1 aromatic rings. The number of hydrogen-bond donors (Lipinski definition) is 3. The molecule has 4 N–H and O–H groups in total. The molecule has 5 nitrogen and oxygen atoms in total. The zero-order valence-electron chi connectivity index (χ0n) is 11.7. The summed E-state index contributed by atoms with van der Waals surface area (Å²) in [5, 5.41) is 7.05. The van der Waals surface area contributed by atoms with E-state index in [4.69, 9.17) is 5.73 Å². The molecule has 1 amide bonds.